The van der Waals surface area contributed by atoms with E-state index in [1.54, 1.807) is 4.90 Å². The average molecular weight is 437 g/mol. The second kappa shape index (κ2) is 11.0. The number of aromatic carboxylic acids is 1. The van der Waals surface area contributed by atoms with E-state index >= 15 is 0 Å². The number of aliphatic carboxylic acids is 1. The van der Waals surface area contributed by atoms with Crippen molar-refractivity contribution in [3.05, 3.63) is 28.5 Å². The number of carbonyl (C=O) groups excluding carboxylic acids is 1. The molecule has 1 aliphatic rings. The topological polar surface area (TPSA) is 197 Å². The monoisotopic (exact) mass is 437 g/mol. The van der Waals surface area contributed by atoms with E-state index in [4.69, 9.17) is 20.6 Å². The molecule has 0 aromatic heterocycles. The minimum Gasteiger partial charge on any atom is -0.784 e. The standard InChI is InChI=1S/C18H24BN3O9/c20-14(23)7-12(17(25)26)22(30)6-5-21-8-11(9-21)31-13-2-1-10(3-4-19-29)16(24)15(13)18(27)28/h1-2,11-12,24,29H,3-9H2,(H2,20,23)(H,25,26)(H,27,28)/q-1/t12-/m1/s1. The Kier molecular flexibility index (Phi) is 8.62. The van der Waals surface area contributed by atoms with Gasteiger partial charge in [0.15, 0.2) is 0 Å². The van der Waals surface area contributed by atoms with Crippen LogP contribution in [0.25, 0.3) is 0 Å². The van der Waals surface area contributed by atoms with Gasteiger partial charge in [0.25, 0.3) is 7.48 Å². The first-order chi connectivity index (χ1) is 14.6. The third kappa shape index (κ3) is 6.56. The molecule has 1 fully saturated rings. The van der Waals surface area contributed by atoms with Gasteiger partial charge >= 0.3 is 11.9 Å². The zero-order valence-electron chi connectivity index (χ0n) is 16.6. The molecular weight excluding hydrogens is 413 g/mol. The van der Waals surface area contributed by atoms with Gasteiger partial charge < -0.3 is 41.1 Å². The van der Waals surface area contributed by atoms with Crippen molar-refractivity contribution in [1.82, 2.24) is 9.96 Å². The number of carboxylic acid groups (broad SMARTS) is 2. The van der Waals surface area contributed by atoms with Gasteiger partial charge in [-0.15, -0.1) is 0 Å². The highest BCUT2D eigenvalue weighted by Gasteiger charge is 2.31. The zero-order valence-corrected chi connectivity index (χ0v) is 16.6. The second-order valence-corrected chi connectivity index (χ2v) is 7.14. The summed E-state index contributed by atoms with van der Waals surface area (Å²) in [6.45, 7) is 0.791. The van der Waals surface area contributed by atoms with Crippen LogP contribution in [0.1, 0.15) is 22.3 Å². The number of rotatable bonds is 13. The summed E-state index contributed by atoms with van der Waals surface area (Å²) >= 11 is 0. The molecule has 1 atom stereocenters. The maximum absolute atomic E-state index is 12.0. The van der Waals surface area contributed by atoms with Gasteiger partial charge in [0.1, 0.15) is 29.2 Å². The van der Waals surface area contributed by atoms with Gasteiger partial charge in [-0.2, -0.15) is 0 Å². The lowest BCUT2D eigenvalue weighted by Gasteiger charge is -2.42. The lowest BCUT2D eigenvalue weighted by molar-refractivity contribution is -0.144. The van der Waals surface area contributed by atoms with Crippen LogP contribution in [0.5, 0.6) is 11.5 Å². The van der Waals surface area contributed by atoms with Gasteiger partial charge in [-0.1, -0.05) is 6.07 Å². The number of nitrogens with zero attached hydrogens (tertiary/aromatic N) is 2. The maximum atomic E-state index is 12.0. The van der Waals surface area contributed by atoms with Gasteiger partial charge in [0.05, 0.1) is 6.42 Å². The van der Waals surface area contributed by atoms with Gasteiger partial charge in [-0.25, -0.2) is 4.79 Å². The van der Waals surface area contributed by atoms with Crippen LogP contribution in [0.4, 0.5) is 0 Å². The highest BCUT2D eigenvalue weighted by atomic mass is 16.5. The number of likely N-dealkylation sites (tertiary alicyclic amines) is 1. The molecule has 31 heavy (non-hydrogen) atoms. The lowest BCUT2D eigenvalue weighted by atomic mass is 9.90. The number of carbonyl (C=O) groups is 3. The molecule has 0 aliphatic carbocycles. The number of hydroxylamine groups is 2. The number of primary amides is 1. The molecule has 13 heteroatoms. The fourth-order valence-electron chi connectivity index (χ4n) is 3.20. The molecular formula is C18H24BN3O9-. The second-order valence-electron chi connectivity index (χ2n) is 7.14. The molecule has 169 valence electrons. The molecule has 1 aromatic carbocycles. The fraction of sp³-hybridized carbons (Fsp3) is 0.500. The first-order valence-corrected chi connectivity index (χ1v) is 9.52. The molecule has 1 aromatic rings. The number of hydrogen-bond acceptors (Lipinski definition) is 9. The highest BCUT2D eigenvalue weighted by molar-refractivity contribution is 6.25. The molecule has 0 unspecified atom stereocenters. The third-order valence-corrected chi connectivity index (χ3v) is 4.86. The van der Waals surface area contributed by atoms with E-state index < -0.39 is 36.1 Å². The van der Waals surface area contributed by atoms with E-state index in [2.05, 4.69) is 0 Å². The van der Waals surface area contributed by atoms with Crippen LogP contribution < -0.4 is 10.5 Å². The van der Waals surface area contributed by atoms with Crippen LogP contribution >= 0.6 is 0 Å². The van der Waals surface area contributed by atoms with Crippen LogP contribution in [0.2, 0.25) is 6.32 Å². The molecule has 1 amide bonds. The fourth-order valence-corrected chi connectivity index (χ4v) is 3.20. The SMILES string of the molecule is NC(=O)C[C@H](C(=O)O)N([O-])CCN1CC(Oc2ccc(CC[B]O)c(O)c2C(=O)O)C1. The molecule has 1 radical (unpaired) electrons. The Morgan fingerprint density at radius 3 is 2.55 bits per heavy atom. The smallest absolute Gasteiger partial charge is 0.343 e. The molecule has 1 saturated heterocycles. The number of aryl methyl sites for hydroxylation is 1. The first-order valence-electron chi connectivity index (χ1n) is 9.52. The number of benzene rings is 1. The van der Waals surface area contributed by atoms with Crippen LogP contribution in [0, 0.1) is 5.21 Å². The number of hydrogen-bond donors (Lipinski definition) is 5. The van der Waals surface area contributed by atoms with Crippen LogP contribution in [0.3, 0.4) is 0 Å². The Morgan fingerprint density at radius 1 is 1.32 bits per heavy atom. The lowest BCUT2D eigenvalue weighted by Crippen LogP contribution is -2.56. The molecule has 2 rings (SSSR count). The predicted octanol–water partition coefficient (Wildman–Crippen LogP) is -1.15. The van der Waals surface area contributed by atoms with Crippen molar-refractivity contribution in [2.45, 2.75) is 31.3 Å². The molecule has 1 heterocycles. The first kappa shape index (κ1) is 24.4. The van der Waals surface area contributed by atoms with E-state index in [0.717, 1.165) is 7.48 Å². The van der Waals surface area contributed by atoms with Crippen molar-refractivity contribution in [3.8, 4) is 11.5 Å². The summed E-state index contributed by atoms with van der Waals surface area (Å²) in [5, 5.41) is 49.7. The minimum atomic E-state index is -1.55. The molecule has 0 bridgehead atoms. The Hall–Kier alpha value is -2.87. The van der Waals surface area contributed by atoms with Crippen molar-refractivity contribution in [3.63, 3.8) is 0 Å². The van der Waals surface area contributed by atoms with E-state index in [9.17, 15) is 29.8 Å². The summed E-state index contributed by atoms with van der Waals surface area (Å²) in [6, 6.07) is 1.42. The third-order valence-electron chi connectivity index (χ3n) is 4.86. The quantitative estimate of drug-likeness (QED) is 0.185. The number of nitrogens with two attached hydrogens (primary N) is 1. The van der Waals surface area contributed by atoms with Crippen LogP contribution in [-0.2, 0) is 16.0 Å². The molecule has 0 saturated carbocycles. The van der Waals surface area contributed by atoms with Crippen molar-refractivity contribution in [2.24, 2.45) is 5.73 Å². The highest BCUT2D eigenvalue weighted by Crippen LogP contribution is 2.33. The summed E-state index contributed by atoms with van der Waals surface area (Å²) < 4.78 is 5.67. The Balaban J connectivity index is 1.90. The average Bonchev–Trinajstić information content (AvgIpc) is 2.66. The van der Waals surface area contributed by atoms with Gasteiger partial charge in [0, 0.05) is 19.6 Å². The van der Waals surface area contributed by atoms with Crippen LogP contribution in [-0.4, -0.2) is 94.0 Å². The summed E-state index contributed by atoms with van der Waals surface area (Å²) in [4.78, 5) is 35.4. The minimum absolute atomic E-state index is 0.00392. The summed E-state index contributed by atoms with van der Waals surface area (Å²) in [5.41, 5.74) is 4.96. The van der Waals surface area contributed by atoms with Crippen LogP contribution in [0.15, 0.2) is 12.1 Å². The summed E-state index contributed by atoms with van der Waals surface area (Å²) in [6.07, 6.45) is -0.448. The predicted molar refractivity (Wildman–Crippen MR) is 108 cm³/mol. The van der Waals surface area contributed by atoms with E-state index in [0.29, 0.717) is 23.7 Å². The van der Waals surface area contributed by atoms with Gasteiger partial charge in [0.2, 0.25) is 5.91 Å². The molecule has 0 spiro atoms. The van der Waals surface area contributed by atoms with E-state index in [-0.39, 0.29) is 43.2 Å². The Labute approximate surface area is 178 Å². The van der Waals surface area contributed by atoms with Crippen molar-refractivity contribution in [1.29, 1.82) is 0 Å². The normalized spacial score (nSPS) is 15.3. The molecule has 12 nitrogen and oxygen atoms in total. The van der Waals surface area contributed by atoms with E-state index in [1.807, 2.05) is 0 Å². The van der Waals surface area contributed by atoms with Crippen molar-refractivity contribution >= 4 is 25.3 Å². The number of amides is 1. The summed E-state index contributed by atoms with van der Waals surface area (Å²) in [5.74, 6) is -4.08. The van der Waals surface area contributed by atoms with Crippen molar-refractivity contribution in [2.75, 3.05) is 26.2 Å². The Morgan fingerprint density at radius 2 is 2.00 bits per heavy atom. The summed E-state index contributed by atoms with van der Waals surface area (Å²) in [7, 11) is 0.919. The maximum Gasteiger partial charge on any atom is 0.343 e. The number of carboxylic acids is 2. The molecule has 6 N–H and O–H groups in total. The number of aromatic hydroxyl groups is 1. The van der Waals surface area contributed by atoms with Gasteiger partial charge in [-0.05, 0) is 30.9 Å². The zero-order chi connectivity index (χ0) is 23.1. The Bertz CT molecular complexity index is 817. The van der Waals surface area contributed by atoms with Crippen molar-refractivity contribution < 1.29 is 39.5 Å². The van der Waals surface area contributed by atoms with Gasteiger partial charge in [-0.3, -0.25) is 14.5 Å². The van der Waals surface area contributed by atoms with E-state index in [1.165, 1.54) is 12.1 Å². The molecule has 1 aliphatic heterocycles. The number of phenols is 1. The number of ether oxygens (including phenoxy) is 1. The largest absolute Gasteiger partial charge is 0.784 e.